The van der Waals surface area contributed by atoms with Gasteiger partial charge in [-0.05, 0) is 50.4 Å². The van der Waals surface area contributed by atoms with Crippen LogP contribution < -0.4 is 0 Å². The second-order valence-corrected chi connectivity index (χ2v) is 9.28. The topological polar surface area (TPSA) is 9.23 Å². The third-order valence-corrected chi connectivity index (χ3v) is 7.44. The van der Waals surface area contributed by atoms with E-state index in [2.05, 4.69) is 69.2 Å². The van der Waals surface area contributed by atoms with Gasteiger partial charge in [0.1, 0.15) is 0 Å². The van der Waals surface area contributed by atoms with Crippen molar-refractivity contribution in [2.24, 2.45) is 23.7 Å². The Balaban J connectivity index is 5.63. The highest BCUT2D eigenvalue weighted by Gasteiger charge is 2.44. The first-order valence-electron chi connectivity index (χ1n) is 11.3. The van der Waals surface area contributed by atoms with Crippen LogP contribution in [0, 0.1) is 23.7 Å². The maximum Gasteiger partial charge on any atom is 0.0690 e. The maximum absolute atomic E-state index is 7.20. The Labute approximate surface area is 160 Å². The van der Waals surface area contributed by atoms with E-state index < -0.39 is 0 Å². The zero-order valence-electron chi connectivity index (χ0n) is 19.4. The van der Waals surface area contributed by atoms with E-state index in [-0.39, 0.29) is 11.2 Å². The number of ether oxygens (including phenoxy) is 1. The van der Waals surface area contributed by atoms with Crippen LogP contribution in [0.5, 0.6) is 0 Å². The van der Waals surface area contributed by atoms with E-state index in [4.69, 9.17) is 4.74 Å². The maximum atomic E-state index is 7.20. The highest BCUT2D eigenvalue weighted by Crippen LogP contribution is 2.43. The van der Waals surface area contributed by atoms with Gasteiger partial charge in [-0.25, -0.2) is 0 Å². The molecule has 0 aliphatic rings. The normalized spacial score (nSPS) is 21.8. The number of unbranched alkanes of at least 4 members (excludes halogenated alkanes) is 2. The lowest BCUT2D eigenvalue weighted by molar-refractivity contribution is -0.205. The predicted octanol–water partition coefficient (Wildman–Crippen LogP) is 8.27. The molecule has 0 spiro atoms. The van der Waals surface area contributed by atoms with Crippen LogP contribution >= 0.6 is 0 Å². The van der Waals surface area contributed by atoms with E-state index in [0.29, 0.717) is 23.7 Å². The SMILES string of the molecule is CCCCC(C)(OC(C)(CCCC)C(C)C(C)CC)C(C)C(C)CC. The first kappa shape index (κ1) is 25.0. The first-order chi connectivity index (χ1) is 11.6. The Morgan fingerprint density at radius 3 is 1.20 bits per heavy atom. The Morgan fingerprint density at radius 1 is 0.640 bits per heavy atom. The Kier molecular flexibility index (Phi) is 11.6. The Hall–Kier alpha value is -0.0400. The van der Waals surface area contributed by atoms with Crippen molar-refractivity contribution in [3.63, 3.8) is 0 Å². The lowest BCUT2D eigenvalue weighted by Crippen LogP contribution is -2.51. The van der Waals surface area contributed by atoms with E-state index in [9.17, 15) is 0 Å². The second-order valence-electron chi connectivity index (χ2n) is 9.28. The molecule has 0 amide bonds. The fraction of sp³-hybridized carbons (Fsp3) is 1.00. The van der Waals surface area contributed by atoms with Gasteiger partial charge in [-0.2, -0.15) is 0 Å². The van der Waals surface area contributed by atoms with E-state index in [0.717, 1.165) is 0 Å². The van der Waals surface area contributed by atoms with Crippen molar-refractivity contribution in [1.82, 2.24) is 0 Å². The molecule has 0 aromatic heterocycles. The summed E-state index contributed by atoms with van der Waals surface area (Å²) in [6.07, 6.45) is 9.86. The number of hydrogen-bond donors (Lipinski definition) is 0. The minimum atomic E-state index is -0.0182. The molecule has 0 rings (SSSR count). The summed E-state index contributed by atoms with van der Waals surface area (Å²) in [5.74, 6) is 2.59. The highest BCUT2D eigenvalue weighted by molar-refractivity contribution is 4.92. The number of hydrogen-bond acceptors (Lipinski definition) is 1. The molecule has 0 bridgehead atoms. The van der Waals surface area contributed by atoms with Gasteiger partial charge in [-0.3, -0.25) is 0 Å². The van der Waals surface area contributed by atoms with E-state index in [1.165, 1.54) is 51.4 Å². The standard InChI is InChI=1S/C24H50O/c1-11-15-17-23(9,21(7)19(5)13-3)25-24(10,18-16-12-2)22(8)20(6)14-4/h19-22H,11-18H2,1-10H3. The molecule has 0 fully saturated rings. The predicted molar refractivity (Wildman–Crippen MR) is 114 cm³/mol. The van der Waals surface area contributed by atoms with Crippen LogP contribution in [0.2, 0.25) is 0 Å². The molecule has 1 nitrogen and oxygen atoms in total. The molecule has 1 heteroatoms. The molecule has 0 N–H and O–H groups in total. The van der Waals surface area contributed by atoms with E-state index >= 15 is 0 Å². The zero-order chi connectivity index (χ0) is 19.7. The smallest absolute Gasteiger partial charge is 0.0690 e. The number of rotatable bonds is 14. The lowest BCUT2D eigenvalue weighted by Gasteiger charge is -2.49. The molecule has 0 saturated carbocycles. The molecule has 6 unspecified atom stereocenters. The van der Waals surface area contributed by atoms with E-state index in [1.807, 2.05) is 0 Å². The van der Waals surface area contributed by atoms with Crippen LogP contribution in [-0.2, 0) is 4.74 Å². The van der Waals surface area contributed by atoms with Gasteiger partial charge in [-0.1, -0.05) is 93.9 Å². The third-order valence-electron chi connectivity index (χ3n) is 7.44. The molecule has 25 heavy (non-hydrogen) atoms. The third kappa shape index (κ3) is 7.24. The van der Waals surface area contributed by atoms with Gasteiger partial charge in [-0.15, -0.1) is 0 Å². The van der Waals surface area contributed by atoms with Crippen molar-refractivity contribution in [1.29, 1.82) is 0 Å². The molecular formula is C24H50O. The van der Waals surface area contributed by atoms with Gasteiger partial charge in [0.05, 0.1) is 11.2 Å². The van der Waals surface area contributed by atoms with Crippen molar-refractivity contribution >= 4 is 0 Å². The summed E-state index contributed by atoms with van der Waals surface area (Å²) >= 11 is 0. The summed E-state index contributed by atoms with van der Waals surface area (Å²) in [7, 11) is 0. The second kappa shape index (κ2) is 11.6. The summed E-state index contributed by atoms with van der Waals surface area (Å²) in [4.78, 5) is 0. The van der Waals surface area contributed by atoms with Crippen molar-refractivity contribution in [2.45, 2.75) is 132 Å². The van der Waals surface area contributed by atoms with Crippen LogP contribution in [0.4, 0.5) is 0 Å². The molecule has 0 aromatic carbocycles. The van der Waals surface area contributed by atoms with Crippen LogP contribution in [0.3, 0.4) is 0 Å². The summed E-state index contributed by atoms with van der Waals surface area (Å²) < 4.78 is 7.20. The quantitative estimate of drug-likeness (QED) is 0.305. The molecular weight excluding hydrogens is 304 g/mol. The average Bonchev–Trinajstić information content (AvgIpc) is 2.61. The van der Waals surface area contributed by atoms with Crippen LogP contribution in [0.15, 0.2) is 0 Å². The van der Waals surface area contributed by atoms with E-state index in [1.54, 1.807) is 0 Å². The Morgan fingerprint density at radius 2 is 0.960 bits per heavy atom. The molecule has 0 aromatic rings. The van der Waals surface area contributed by atoms with Gasteiger partial charge in [0, 0.05) is 0 Å². The first-order valence-corrected chi connectivity index (χ1v) is 11.3. The lowest BCUT2D eigenvalue weighted by atomic mass is 9.73. The largest absolute Gasteiger partial charge is 0.369 e. The highest BCUT2D eigenvalue weighted by atomic mass is 16.5. The van der Waals surface area contributed by atoms with Crippen molar-refractivity contribution in [3.8, 4) is 0 Å². The van der Waals surface area contributed by atoms with Gasteiger partial charge < -0.3 is 4.74 Å². The molecule has 0 aliphatic heterocycles. The molecule has 0 aliphatic carbocycles. The van der Waals surface area contributed by atoms with Gasteiger partial charge in [0.25, 0.3) is 0 Å². The van der Waals surface area contributed by atoms with Crippen molar-refractivity contribution in [2.75, 3.05) is 0 Å². The van der Waals surface area contributed by atoms with Gasteiger partial charge >= 0.3 is 0 Å². The minimum Gasteiger partial charge on any atom is -0.369 e. The zero-order valence-corrected chi connectivity index (χ0v) is 19.4. The fourth-order valence-corrected chi connectivity index (χ4v) is 4.24. The summed E-state index contributed by atoms with van der Waals surface area (Å²) in [5, 5.41) is 0. The van der Waals surface area contributed by atoms with Crippen LogP contribution in [0.25, 0.3) is 0 Å². The molecule has 0 saturated heterocycles. The van der Waals surface area contributed by atoms with Crippen LogP contribution in [0.1, 0.15) is 121 Å². The summed E-state index contributed by atoms with van der Waals surface area (Å²) in [6.45, 7) is 23.7. The summed E-state index contributed by atoms with van der Waals surface area (Å²) in [5.41, 5.74) is -0.0364. The monoisotopic (exact) mass is 354 g/mol. The average molecular weight is 355 g/mol. The molecule has 0 heterocycles. The van der Waals surface area contributed by atoms with Crippen molar-refractivity contribution < 1.29 is 4.74 Å². The molecule has 6 atom stereocenters. The molecule has 0 radical (unpaired) electrons. The van der Waals surface area contributed by atoms with Gasteiger partial charge in [0.15, 0.2) is 0 Å². The van der Waals surface area contributed by atoms with Crippen LogP contribution in [-0.4, -0.2) is 11.2 Å². The summed E-state index contributed by atoms with van der Waals surface area (Å²) in [6, 6.07) is 0. The fourth-order valence-electron chi connectivity index (χ4n) is 4.24. The van der Waals surface area contributed by atoms with Gasteiger partial charge in [0.2, 0.25) is 0 Å². The molecule has 152 valence electrons. The van der Waals surface area contributed by atoms with Crippen molar-refractivity contribution in [3.05, 3.63) is 0 Å². The minimum absolute atomic E-state index is 0.0182. The Bertz CT molecular complexity index is 307.